The largest absolute Gasteiger partial charge is 0.378 e. The van der Waals surface area contributed by atoms with Crippen LogP contribution in [0.25, 0.3) is 0 Å². The van der Waals surface area contributed by atoms with E-state index in [4.69, 9.17) is 4.74 Å². The van der Waals surface area contributed by atoms with E-state index in [1.54, 1.807) is 0 Å². The molecule has 1 aliphatic heterocycles. The number of hydrogen-bond donors (Lipinski definition) is 2. The Labute approximate surface area is 148 Å². The topological polar surface area (TPSA) is 70.7 Å². The predicted molar refractivity (Wildman–Crippen MR) is 97.7 cm³/mol. The van der Waals surface area contributed by atoms with Gasteiger partial charge in [0.05, 0.1) is 24.6 Å². The van der Waals surface area contributed by atoms with E-state index in [1.807, 2.05) is 24.3 Å². The van der Waals surface area contributed by atoms with E-state index in [9.17, 15) is 9.59 Å². The quantitative estimate of drug-likeness (QED) is 0.587. The lowest BCUT2D eigenvalue weighted by Crippen LogP contribution is -2.41. The number of benzene rings is 1. The Balaban J connectivity index is 1.68. The van der Waals surface area contributed by atoms with Crippen LogP contribution in [0, 0.1) is 5.41 Å². The maximum atomic E-state index is 12.8. The zero-order valence-corrected chi connectivity index (χ0v) is 14.8. The molecule has 25 heavy (non-hydrogen) atoms. The van der Waals surface area contributed by atoms with Gasteiger partial charge in [0.2, 0.25) is 11.8 Å². The fourth-order valence-corrected chi connectivity index (χ4v) is 3.13. The van der Waals surface area contributed by atoms with Gasteiger partial charge in [-0.1, -0.05) is 25.5 Å². The average molecular weight is 345 g/mol. The standard InChI is InChI=1S/C19H27N3O3/c1-2-3-10-20-17(23)19(8-9-19)18(24)21-15-6-4-5-7-16(15)22-11-13-25-14-12-22/h4-7H,2-3,8-14H2,1H3,(H,20,23)(H,21,24). The predicted octanol–water partition coefficient (Wildman–Crippen LogP) is 2.16. The van der Waals surface area contributed by atoms with Gasteiger partial charge in [-0.15, -0.1) is 0 Å². The molecule has 2 amide bonds. The van der Waals surface area contributed by atoms with Crippen LogP contribution in [-0.2, 0) is 14.3 Å². The Hall–Kier alpha value is -2.08. The van der Waals surface area contributed by atoms with Crippen molar-refractivity contribution in [2.75, 3.05) is 43.1 Å². The van der Waals surface area contributed by atoms with Crippen molar-refractivity contribution in [1.82, 2.24) is 5.32 Å². The third-order valence-corrected chi connectivity index (χ3v) is 4.94. The van der Waals surface area contributed by atoms with Crippen LogP contribution in [0.5, 0.6) is 0 Å². The van der Waals surface area contributed by atoms with Crippen molar-refractivity contribution in [2.45, 2.75) is 32.6 Å². The summed E-state index contributed by atoms with van der Waals surface area (Å²) in [6, 6.07) is 7.76. The number of nitrogens with one attached hydrogen (secondary N) is 2. The number of carbonyl (C=O) groups is 2. The van der Waals surface area contributed by atoms with Crippen LogP contribution in [0.3, 0.4) is 0 Å². The highest BCUT2D eigenvalue weighted by molar-refractivity contribution is 6.13. The highest BCUT2D eigenvalue weighted by Gasteiger charge is 2.56. The molecule has 136 valence electrons. The molecule has 1 aliphatic carbocycles. The van der Waals surface area contributed by atoms with Gasteiger partial charge in [0.15, 0.2) is 0 Å². The molecule has 0 atom stereocenters. The average Bonchev–Trinajstić information content (AvgIpc) is 3.45. The molecular weight excluding hydrogens is 318 g/mol. The van der Waals surface area contributed by atoms with Crippen molar-refractivity contribution in [3.05, 3.63) is 24.3 Å². The minimum Gasteiger partial charge on any atom is -0.378 e. The zero-order valence-electron chi connectivity index (χ0n) is 14.8. The summed E-state index contributed by atoms with van der Waals surface area (Å²) in [5.74, 6) is -0.329. The maximum absolute atomic E-state index is 12.8. The van der Waals surface area contributed by atoms with Crippen molar-refractivity contribution in [2.24, 2.45) is 5.41 Å². The summed E-state index contributed by atoms with van der Waals surface area (Å²) in [6.45, 7) is 5.69. The summed E-state index contributed by atoms with van der Waals surface area (Å²) in [4.78, 5) is 27.4. The van der Waals surface area contributed by atoms with Gasteiger partial charge in [-0.3, -0.25) is 9.59 Å². The number of unbranched alkanes of at least 4 members (excludes halogenated alkanes) is 1. The Kier molecular flexibility index (Phi) is 5.58. The van der Waals surface area contributed by atoms with Gasteiger partial charge in [0.1, 0.15) is 5.41 Å². The number of para-hydroxylation sites is 2. The number of rotatable bonds is 7. The van der Waals surface area contributed by atoms with E-state index in [0.717, 1.165) is 37.3 Å². The van der Waals surface area contributed by atoms with Gasteiger partial charge < -0.3 is 20.3 Å². The van der Waals surface area contributed by atoms with Gasteiger partial charge in [0, 0.05) is 19.6 Å². The molecule has 0 spiro atoms. The van der Waals surface area contributed by atoms with E-state index in [2.05, 4.69) is 22.5 Å². The monoisotopic (exact) mass is 345 g/mol. The van der Waals surface area contributed by atoms with E-state index in [-0.39, 0.29) is 11.8 Å². The number of ether oxygens (including phenoxy) is 1. The van der Waals surface area contributed by atoms with Crippen molar-refractivity contribution in [3.8, 4) is 0 Å². The smallest absolute Gasteiger partial charge is 0.240 e. The Bertz CT molecular complexity index is 622. The first-order chi connectivity index (χ1) is 12.2. The molecule has 1 saturated carbocycles. The van der Waals surface area contributed by atoms with Crippen LogP contribution < -0.4 is 15.5 Å². The number of amides is 2. The molecule has 6 heteroatoms. The Morgan fingerprint density at radius 3 is 2.56 bits per heavy atom. The molecule has 0 unspecified atom stereocenters. The summed E-state index contributed by atoms with van der Waals surface area (Å²) in [7, 11) is 0. The molecule has 1 heterocycles. The second-order valence-electron chi connectivity index (χ2n) is 6.76. The third kappa shape index (κ3) is 3.95. The molecule has 2 aliphatic rings. The zero-order chi connectivity index (χ0) is 17.7. The van der Waals surface area contributed by atoms with Crippen LogP contribution in [0.4, 0.5) is 11.4 Å². The van der Waals surface area contributed by atoms with Gasteiger partial charge >= 0.3 is 0 Å². The lowest BCUT2D eigenvalue weighted by Gasteiger charge is -2.30. The summed E-state index contributed by atoms with van der Waals surface area (Å²) in [5.41, 5.74) is 0.870. The number of morpholine rings is 1. The highest BCUT2D eigenvalue weighted by Crippen LogP contribution is 2.47. The summed E-state index contributed by atoms with van der Waals surface area (Å²) in [6.07, 6.45) is 3.20. The molecule has 0 radical (unpaired) electrons. The molecule has 1 aromatic rings. The van der Waals surface area contributed by atoms with Crippen LogP contribution in [0.15, 0.2) is 24.3 Å². The first-order valence-corrected chi connectivity index (χ1v) is 9.19. The van der Waals surface area contributed by atoms with E-state index < -0.39 is 5.41 Å². The minimum absolute atomic E-state index is 0.137. The molecule has 2 fully saturated rings. The van der Waals surface area contributed by atoms with E-state index in [1.165, 1.54) is 0 Å². The first-order valence-electron chi connectivity index (χ1n) is 9.19. The second-order valence-corrected chi connectivity index (χ2v) is 6.76. The molecule has 1 saturated heterocycles. The van der Waals surface area contributed by atoms with Crippen LogP contribution in [0.2, 0.25) is 0 Å². The van der Waals surface area contributed by atoms with Gasteiger partial charge in [0.25, 0.3) is 0 Å². The van der Waals surface area contributed by atoms with Crippen LogP contribution in [-0.4, -0.2) is 44.7 Å². The normalized spacial score (nSPS) is 18.5. The molecule has 3 rings (SSSR count). The second kappa shape index (κ2) is 7.87. The molecular formula is C19H27N3O3. The number of nitrogens with zero attached hydrogens (tertiary/aromatic N) is 1. The van der Waals surface area contributed by atoms with E-state index >= 15 is 0 Å². The Morgan fingerprint density at radius 2 is 1.88 bits per heavy atom. The highest BCUT2D eigenvalue weighted by atomic mass is 16.5. The van der Waals surface area contributed by atoms with Crippen molar-refractivity contribution < 1.29 is 14.3 Å². The van der Waals surface area contributed by atoms with Gasteiger partial charge in [-0.05, 0) is 31.4 Å². The molecule has 2 N–H and O–H groups in total. The summed E-state index contributed by atoms with van der Waals surface area (Å²) >= 11 is 0. The summed E-state index contributed by atoms with van der Waals surface area (Å²) < 4.78 is 5.40. The lowest BCUT2D eigenvalue weighted by atomic mass is 10.0. The number of anilines is 2. The van der Waals surface area contributed by atoms with Gasteiger partial charge in [-0.2, -0.15) is 0 Å². The fourth-order valence-electron chi connectivity index (χ4n) is 3.13. The molecule has 1 aromatic carbocycles. The first kappa shape index (κ1) is 17.7. The van der Waals surface area contributed by atoms with Crippen LogP contribution in [0.1, 0.15) is 32.6 Å². The summed E-state index contributed by atoms with van der Waals surface area (Å²) in [5, 5.41) is 5.90. The number of hydrogen-bond acceptors (Lipinski definition) is 4. The third-order valence-electron chi connectivity index (χ3n) is 4.94. The molecule has 0 bridgehead atoms. The van der Waals surface area contributed by atoms with Crippen LogP contribution >= 0.6 is 0 Å². The van der Waals surface area contributed by atoms with Crippen molar-refractivity contribution in [3.63, 3.8) is 0 Å². The van der Waals surface area contributed by atoms with Crippen molar-refractivity contribution >= 4 is 23.2 Å². The van der Waals surface area contributed by atoms with Crippen molar-refractivity contribution in [1.29, 1.82) is 0 Å². The minimum atomic E-state index is -0.883. The number of carbonyl (C=O) groups excluding carboxylic acids is 2. The Morgan fingerprint density at radius 1 is 1.16 bits per heavy atom. The van der Waals surface area contributed by atoms with Gasteiger partial charge in [-0.25, -0.2) is 0 Å². The SMILES string of the molecule is CCCCNC(=O)C1(C(=O)Nc2ccccc2N2CCOCC2)CC1. The lowest BCUT2D eigenvalue weighted by molar-refractivity contribution is -0.134. The maximum Gasteiger partial charge on any atom is 0.240 e. The fraction of sp³-hybridized carbons (Fsp3) is 0.579. The molecule has 6 nitrogen and oxygen atoms in total. The van der Waals surface area contributed by atoms with E-state index in [0.29, 0.717) is 32.6 Å². The molecule has 0 aromatic heterocycles.